The van der Waals surface area contributed by atoms with Crippen LogP contribution in [0.25, 0.3) is 0 Å². The van der Waals surface area contributed by atoms with Gasteiger partial charge < -0.3 is 0 Å². The SMILES string of the molecule is O=S(=O)(c1ccc(F)s1)N1CCCC1. The number of rotatable bonds is 2. The van der Waals surface area contributed by atoms with Crippen LogP contribution in [0.1, 0.15) is 12.8 Å². The van der Waals surface area contributed by atoms with E-state index in [1.807, 2.05) is 0 Å². The topological polar surface area (TPSA) is 37.4 Å². The van der Waals surface area contributed by atoms with Gasteiger partial charge in [0.1, 0.15) is 4.21 Å². The van der Waals surface area contributed by atoms with E-state index >= 15 is 0 Å². The van der Waals surface area contributed by atoms with Crippen LogP contribution < -0.4 is 0 Å². The highest BCUT2D eigenvalue weighted by Gasteiger charge is 2.28. The Hall–Kier alpha value is -0.460. The minimum Gasteiger partial charge on any atom is -0.206 e. The summed E-state index contributed by atoms with van der Waals surface area (Å²) in [7, 11) is -3.41. The lowest BCUT2D eigenvalue weighted by atomic mass is 10.4. The number of nitrogens with zero attached hydrogens (tertiary/aromatic N) is 1. The Labute approximate surface area is 86.2 Å². The molecule has 1 saturated heterocycles. The molecule has 0 radical (unpaired) electrons. The molecule has 0 bridgehead atoms. The zero-order valence-electron chi connectivity index (χ0n) is 7.44. The van der Waals surface area contributed by atoms with Crippen LogP contribution in [0.4, 0.5) is 4.39 Å². The largest absolute Gasteiger partial charge is 0.252 e. The normalized spacial score (nSPS) is 18.9. The van der Waals surface area contributed by atoms with Crippen molar-refractivity contribution >= 4 is 21.4 Å². The summed E-state index contributed by atoms with van der Waals surface area (Å²) in [5.41, 5.74) is 0. The first kappa shape index (κ1) is 10.1. The van der Waals surface area contributed by atoms with Gasteiger partial charge in [-0.1, -0.05) is 11.3 Å². The molecule has 14 heavy (non-hydrogen) atoms. The molecule has 1 aliphatic rings. The van der Waals surface area contributed by atoms with Crippen LogP contribution in [-0.4, -0.2) is 25.8 Å². The molecule has 0 unspecified atom stereocenters. The molecule has 2 rings (SSSR count). The van der Waals surface area contributed by atoms with Gasteiger partial charge in [0.25, 0.3) is 10.0 Å². The Morgan fingerprint density at radius 3 is 2.43 bits per heavy atom. The lowest BCUT2D eigenvalue weighted by Gasteiger charge is -2.13. The Balaban J connectivity index is 2.32. The van der Waals surface area contributed by atoms with Crippen molar-refractivity contribution in [3.63, 3.8) is 0 Å². The monoisotopic (exact) mass is 235 g/mol. The summed E-state index contributed by atoms with van der Waals surface area (Å²) in [6.45, 7) is 1.11. The first-order chi connectivity index (χ1) is 6.60. The maximum absolute atomic E-state index is 12.7. The highest BCUT2D eigenvalue weighted by atomic mass is 32.2. The van der Waals surface area contributed by atoms with Crippen LogP contribution in [0.2, 0.25) is 0 Å². The maximum Gasteiger partial charge on any atom is 0.252 e. The van der Waals surface area contributed by atoms with E-state index in [4.69, 9.17) is 0 Å². The van der Waals surface area contributed by atoms with E-state index in [-0.39, 0.29) is 4.21 Å². The molecule has 0 atom stereocenters. The fourth-order valence-corrected chi connectivity index (χ4v) is 4.17. The molecule has 6 heteroatoms. The zero-order chi connectivity index (χ0) is 10.2. The lowest BCUT2D eigenvalue weighted by molar-refractivity contribution is 0.479. The van der Waals surface area contributed by atoms with Crippen molar-refractivity contribution in [2.75, 3.05) is 13.1 Å². The van der Waals surface area contributed by atoms with Crippen LogP contribution in [0, 0.1) is 5.13 Å². The van der Waals surface area contributed by atoms with Crippen molar-refractivity contribution in [1.29, 1.82) is 0 Å². The minimum atomic E-state index is -3.41. The van der Waals surface area contributed by atoms with Gasteiger partial charge in [-0.05, 0) is 25.0 Å². The Morgan fingerprint density at radius 2 is 1.93 bits per heavy atom. The third-order valence-electron chi connectivity index (χ3n) is 2.21. The second kappa shape index (κ2) is 3.60. The van der Waals surface area contributed by atoms with Gasteiger partial charge in [0.2, 0.25) is 0 Å². The van der Waals surface area contributed by atoms with Crippen molar-refractivity contribution in [3.05, 3.63) is 17.3 Å². The standard InChI is InChI=1S/C8H10FNO2S2/c9-7-3-4-8(13-7)14(11,12)10-5-1-2-6-10/h3-4H,1-2,5-6H2. The Morgan fingerprint density at radius 1 is 1.29 bits per heavy atom. The minimum absolute atomic E-state index is 0.108. The van der Waals surface area contributed by atoms with Crippen LogP contribution in [0.15, 0.2) is 16.3 Å². The van der Waals surface area contributed by atoms with Gasteiger partial charge in [-0.3, -0.25) is 0 Å². The summed E-state index contributed by atoms with van der Waals surface area (Å²) < 4.78 is 37.8. The van der Waals surface area contributed by atoms with Crippen LogP contribution in [-0.2, 0) is 10.0 Å². The van der Waals surface area contributed by atoms with Gasteiger partial charge in [0.05, 0.1) is 0 Å². The average Bonchev–Trinajstić information content (AvgIpc) is 2.72. The molecule has 0 aromatic carbocycles. The molecule has 0 N–H and O–H groups in total. The van der Waals surface area contributed by atoms with Gasteiger partial charge in [-0.15, -0.1) is 0 Å². The van der Waals surface area contributed by atoms with E-state index in [9.17, 15) is 12.8 Å². The summed E-state index contributed by atoms with van der Waals surface area (Å²) in [6, 6.07) is 2.52. The van der Waals surface area contributed by atoms with Gasteiger partial charge in [-0.25, -0.2) is 8.42 Å². The number of sulfonamides is 1. The predicted molar refractivity (Wildman–Crippen MR) is 52.3 cm³/mol. The molecule has 1 aromatic heterocycles. The lowest BCUT2D eigenvalue weighted by Crippen LogP contribution is -2.27. The van der Waals surface area contributed by atoms with Gasteiger partial charge >= 0.3 is 0 Å². The molecule has 78 valence electrons. The van der Waals surface area contributed by atoms with E-state index in [0.29, 0.717) is 24.4 Å². The maximum atomic E-state index is 12.7. The molecule has 2 heterocycles. The van der Waals surface area contributed by atoms with E-state index in [1.54, 1.807) is 0 Å². The molecule has 1 aliphatic heterocycles. The highest BCUT2D eigenvalue weighted by molar-refractivity contribution is 7.91. The summed E-state index contributed by atoms with van der Waals surface area (Å²) >= 11 is 0.685. The molecule has 0 saturated carbocycles. The second-order valence-electron chi connectivity index (χ2n) is 3.17. The smallest absolute Gasteiger partial charge is 0.206 e. The molecule has 0 spiro atoms. The van der Waals surface area contributed by atoms with Crippen LogP contribution in [0.5, 0.6) is 0 Å². The summed E-state index contributed by atoms with van der Waals surface area (Å²) in [6.07, 6.45) is 1.79. The molecule has 1 aromatic rings. The Kier molecular flexibility index (Phi) is 2.59. The quantitative estimate of drug-likeness (QED) is 0.782. The number of halogens is 1. The first-order valence-electron chi connectivity index (χ1n) is 4.36. The summed E-state index contributed by atoms with van der Waals surface area (Å²) in [5.74, 6) is 0. The third-order valence-corrected chi connectivity index (χ3v) is 5.45. The molecule has 1 fully saturated rings. The fraction of sp³-hybridized carbons (Fsp3) is 0.500. The van der Waals surface area contributed by atoms with E-state index in [2.05, 4.69) is 0 Å². The van der Waals surface area contributed by atoms with Crippen molar-refractivity contribution in [1.82, 2.24) is 4.31 Å². The molecular formula is C8H10FNO2S2. The van der Waals surface area contributed by atoms with Crippen LogP contribution >= 0.6 is 11.3 Å². The Bertz CT molecular complexity index is 420. The van der Waals surface area contributed by atoms with Crippen molar-refractivity contribution in [2.45, 2.75) is 17.1 Å². The number of hydrogen-bond donors (Lipinski definition) is 0. The molecule has 0 amide bonds. The molecular weight excluding hydrogens is 225 g/mol. The zero-order valence-corrected chi connectivity index (χ0v) is 9.07. The van der Waals surface area contributed by atoms with Gasteiger partial charge in [0, 0.05) is 13.1 Å². The predicted octanol–water partition coefficient (Wildman–Crippen LogP) is 1.67. The van der Waals surface area contributed by atoms with Gasteiger partial charge in [0.15, 0.2) is 5.13 Å². The van der Waals surface area contributed by atoms with Gasteiger partial charge in [-0.2, -0.15) is 8.70 Å². The summed E-state index contributed by atoms with van der Waals surface area (Å²) in [4.78, 5) is 0. The number of hydrogen-bond acceptors (Lipinski definition) is 3. The van der Waals surface area contributed by atoms with Crippen molar-refractivity contribution in [3.8, 4) is 0 Å². The average molecular weight is 235 g/mol. The van der Waals surface area contributed by atoms with E-state index in [0.717, 1.165) is 12.8 Å². The van der Waals surface area contributed by atoms with E-state index in [1.165, 1.54) is 16.4 Å². The van der Waals surface area contributed by atoms with Crippen LogP contribution in [0.3, 0.4) is 0 Å². The van der Waals surface area contributed by atoms with E-state index < -0.39 is 15.2 Å². The third kappa shape index (κ3) is 1.69. The first-order valence-corrected chi connectivity index (χ1v) is 6.62. The molecule has 0 aliphatic carbocycles. The highest BCUT2D eigenvalue weighted by Crippen LogP contribution is 2.26. The van der Waals surface area contributed by atoms with Crippen molar-refractivity contribution in [2.24, 2.45) is 0 Å². The number of thiophene rings is 1. The second-order valence-corrected chi connectivity index (χ2v) is 6.37. The molecule has 3 nitrogen and oxygen atoms in total. The fourth-order valence-electron chi connectivity index (χ4n) is 1.49. The summed E-state index contributed by atoms with van der Waals surface area (Å²) in [5, 5.41) is -0.456. The van der Waals surface area contributed by atoms with Crippen molar-refractivity contribution < 1.29 is 12.8 Å².